The number of nitrogens with one attached hydrogen (secondary N) is 1. The fraction of sp³-hybridized carbons (Fsp3) is 0.636. The van der Waals surface area contributed by atoms with Crippen LogP contribution in [0, 0.1) is 5.82 Å². The van der Waals surface area contributed by atoms with E-state index in [-0.39, 0.29) is 5.88 Å². The lowest BCUT2D eigenvalue weighted by Crippen LogP contribution is -2.28. The summed E-state index contributed by atoms with van der Waals surface area (Å²) in [7, 11) is 1.67. The number of hydrogen-bond donors (Lipinski definition) is 1. The summed E-state index contributed by atoms with van der Waals surface area (Å²) in [4.78, 5) is 9.84. The van der Waals surface area contributed by atoms with Gasteiger partial charge in [0.15, 0.2) is 0 Å². The predicted molar refractivity (Wildman–Crippen MR) is 64.8 cm³/mol. The lowest BCUT2D eigenvalue weighted by atomic mass is 10.5. The first-order valence-corrected chi connectivity index (χ1v) is 5.76. The normalized spacial score (nSPS) is 10.6. The number of halogens is 1. The van der Waals surface area contributed by atoms with Crippen LogP contribution in [0.25, 0.3) is 0 Å². The first-order valence-electron chi connectivity index (χ1n) is 5.76. The summed E-state index contributed by atoms with van der Waals surface area (Å²) in [5.74, 6) is -0.190. The van der Waals surface area contributed by atoms with Gasteiger partial charge in [0.05, 0.1) is 6.20 Å². The fourth-order valence-corrected chi connectivity index (χ4v) is 1.38. The third-order valence-electron chi connectivity index (χ3n) is 2.48. The maximum Gasteiger partial charge on any atom is 0.255 e. The second-order valence-electron chi connectivity index (χ2n) is 3.47. The van der Waals surface area contributed by atoms with E-state index in [1.54, 1.807) is 7.05 Å². The molecule has 0 spiro atoms. The molecule has 0 saturated carbocycles. The smallest absolute Gasteiger partial charge is 0.255 e. The molecule has 17 heavy (non-hydrogen) atoms. The Balaban J connectivity index is 2.50. The maximum atomic E-state index is 13.3. The molecule has 0 amide bonds. The number of hydrogen-bond acceptors (Lipinski definition) is 5. The van der Waals surface area contributed by atoms with Crippen LogP contribution in [0.1, 0.15) is 13.8 Å². The van der Waals surface area contributed by atoms with E-state index in [9.17, 15) is 4.39 Å². The molecule has 1 heterocycles. The molecule has 0 saturated heterocycles. The van der Waals surface area contributed by atoms with Crippen molar-refractivity contribution in [3.8, 4) is 5.88 Å². The number of ether oxygens (including phenoxy) is 1. The molecule has 1 aromatic rings. The van der Waals surface area contributed by atoms with Gasteiger partial charge in [0.25, 0.3) is 5.88 Å². The second kappa shape index (κ2) is 7.01. The highest BCUT2D eigenvalue weighted by Crippen LogP contribution is 2.13. The number of rotatable bonds is 7. The van der Waals surface area contributed by atoms with E-state index in [2.05, 4.69) is 34.0 Å². The van der Waals surface area contributed by atoms with Crippen LogP contribution in [0.4, 0.5) is 10.3 Å². The number of likely N-dealkylation sites (N-methyl/N-ethyl adjacent to an activating group) is 1. The molecule has 0 radical (unpaired) electrons. The zero-order valence-corrected chi connectivity index (χ0v) is 10.5. The van der Waals surface area contributed by atoms with Crippen LogP contribution in [0.15, 0.2) is 6.20 Å². The molecule has 0 aliphatic rings. The van der Waals surface area contributed by atoms with E-state index in [0.717, 1.165) is 25.8 Å². The first kappa shape index (κ1) is 13.6. The number of nitrogens with zero attached hydrogens (tertiary/aromatic N) is 3. The minimum atomic E-state index is -0.538. The zero-order chi connectivity index (χ0) is 12.7. The second-order valence-corrected chi connectivity index (χ2v) is 3.47. The van der Waals surface area contributed by atoms with Crippen LogP contribution in [0.5, 0.6) is 5.88 Å². The average Bonchev–Trinajstić information content (AvgIpc) is 2.36. The highest BCUT2D eigenvalue weighted by Gasteiger charge is 2.08. The molecule has 0 aromatic carbocycles. The van der Waals surface area contributed by atoms with Crippen LogP contribution in [0.3, 0.4) is 0 Å². The highest BCUT2D eigenvalue weighted by molar-refractivity contribution is 5.27. The summed E-state index contributed by atoms with van der Waals surface area (Å²) in [6, 6.07) is 0. The van der Waals surface area contributed by atoms with E-state index < -0.39 is 5.82 Å². The quantitative estimate of drug-likeness (QED) is 0.782. The Morgan fingerprint density at radius 2 is 2.12 bits per heavy atom. The van der Waals surface area contributed by atoms with Gasteiger partial charge in [-0.3, -0.25) is 0 Å². The van der Waals surface area contributed by atoms with Crippen molar-refractivity contribution in [2.75, 3.05) is 38.6 Å². The molecule has 0 unspecified atom stereocenters. The van der Waals surface area contributed by atoms with Gasteiger partial charge in [-0.25, -0.2) is 4.98 Å². The first-order chi connectivity index (χ1) is 8.21. The van der Waals surface area contributed by atoms with Crippen molar-refractivity contribution < 1.29 is 9.13 Å². The van der Waals surface area contributed by atoms with Crippen molar-refractivity contribution in [3.63, 3.8) is 0 Å². The third kappa shape index (κ3) is 4.14. The molecule has 0 bridgehead atoms. The van der Waals surface area contributed by atoms with Gasteiger partial charge in [-0.05, 0) is 13.1 Å². The Bertz CT molecular complexity index is 344. The van der Waals surface area contributed by atoms with Gasteiger partial charge in [-0.1, -0.05) is 13.8 Å². The van der Waals surface area contributed by atoms with Crippen LogP contribution in [-0.4, -0.2) is 48.2 Å². The molecule has 1 N–H and O–H groups in total. The number of anilines is 1. The molecular formula is C11H19FN4O. The molecule has 5 nitrogen and oxygen atoms in total. The number of aromatic nitrogens is 2. The summed E-state index contributed by atoms with van der Waals surface area (Å²) in [5, 5.41) is 2.74. The van der Waals surface area contributed by atoms with Crippen molar-refractivity contribution in [2.24, 2.45) is 0 Å². The van der Waals surface area contributed by atoms with Crippen LogP contribution in [-0.2, 0) is 0 Å². The molecule has 0 aliphatic carbocycles. The van der Waals surface area contributed by atoms with Crippen LogP contribution >= 0.6 is 0 Å². The SMILES string of the molecule is CCN(CC)CCOc1nc(NC)ncc1F. The zero-order valence-electron chi connectivity index (χ0n) is 10.5. The Labute approximate surface area is 101 Å². The minimum Gasteiger partial charge on any atom is -0.474 e. The molecule has 0 fully saturated rings. The molecular weight excluding hydrogens is 223 g/mol. The minimum absolute atomic E-state index is 0.00324. The van der Waals surface area contributed by atoms with Crippen molar-refractivity contribution >= 4 is 5.95 Å². The van der Waals surface area contributed by atoms with E-state index >= 15 is 0 Å². The third-order valence-corrected chi connectivity index (χ3v) is 2.48. The Hall–Kier alpha value is -1.43. The molecule has 96 valence electrons. The van der Waals surface area contributed by atoms with E-state index in [1.807, 2.05) is 0 Å². The van der Waals surface area contributed by atoms with Crippen molar-refractivity contribution in [3.05, 3.63) is 12.0 Å². The predicted octanol–water partition coefficient (Wildman–Crippen LogP) is 1.38. The van der Waals surface area contributed by atoms with E-state index in [4.69, 9.17) is 4.74 Å². The van der Waals surface area contributed by atoms with Gasteiger partial charge in [0.1, 0.15) is 6.61 Å². The molecule has 0 atom stereocenters. The Morgan fingerprint density at radius 3 is 2.71 bits per heavy atom. The largest absolute Gasteiger partial charge is 0.474 e. The summed E-state index contributed by atoms with van der Waals surface area (Å²) >= 11 is 0. The molecule has 6 heteroatoms. The highest BCUT2D eigenvalue weighted by atomic mass is 19.1. The fourth-order valence-electron chi connectivity index (χ4n) is 1.38. The van der Waals surface area contributed by atoms with Crippen molar-refractivity contribution in [2.45, 2.75) is 13.8 Å². The Morgan fingerprint density at radius 1 is 1.41 bits per heavy atom. The van der Waals surface area contributed by atoms with E-state index in [0.29, 0.717) is 12.6 Å². The van der Waals surface area contributed by atoms with Gasteiger partial charge < -0.3 is 15.0 Å². The summed E-state index contributed by atoms with van der Waals surface area (Å²) in [6.45, 7) is 7.23. The standard InChI is InChI=1S/C11H19FN4O/c1-4-16(5-2)6-7-17-10-9(12)8-14-11(13-3)15-10/h8H,4-7H2,1-3H3,(H,13,14,15). The van der Waals surface area contributed by atoms with Gasteiger partial charge in [0, 0.05) is 13.6 Å². The van der Waals surface area contributed by atoms with Crippen LogP contribution < -0.4 is 10.1 Å². The Kier molecular flexibility index (Phi) is 5.62. The molecule has 1 aromatic heterocycles. The lowest BCUT2D eigenvalue weighted by molar-refractivity contribution is 0.211. The van der Waals surface area contributed by atoms with Gasteiger partial charge >= 0.3 is 0 Å². The van der Waals surface area contributed by atoms with E-state index in [1.165, 1.54) is 0 Å². The maximum absolute atomic E-state index is 13.3. The summed E-state index contributed by atoms with van der Waals surface area (Å²) in [5.41, 5.74) is 0. The molecule has 1 rings (SSSR count). The average molecular weight is 242 g/mol. The topological polar surface area (TPSA) is 50.3 Å². The molecule has 0 aliphatic heterocycles. The van der Waals surface area contributed by atoms with Gasteiger partial charge in [-0.2, -0.15) is 9.37 Å². The summed E-state index contributed by atoms with van der Waals surface area (Å²) < 4.78 is 18.6. The van der Waals surface area contributed by atoms with Crippen LogP contribution in [0.2, 0.25) is 0 Å². The summed E-state index contributed by atoms with van der Waals surface area (Å²) in [6.07, 6.45) is 1.10. The van der Waals surface area contributed by atoms with Gasteiger partial charge in [0.2, 0.25) is 11.8 Å². The monoisotopic (exact) mass is 242 g/mol. The van der Waals surface area contributed by atoms with Crippen molar-refractivity contribution in [1.82, 2.24) is 14.9 Å². The lowest BCUT2D eigenvalue weighted by Gasteiger charge is -2.17. The van der Waals surface area contributed by atoms with Gasteiger partial charge in [-0.15, -0.1) is 0 Å². The van der Waals surface area contributed by atoms with Crippen molar-refractivity contribution in [1.29, 1.82) is 0 Å².